The van der Waals surface area contributed by atoms with E-state index in [1.807, 2.05) is 0 Å². The molecule has 0 amide bonds. The molecule has 1 aromatic carbocycles. The van der Waals surface area contributed by atoms with E-state index in [0.717, 1.165) is 12.1 Å². The maximum absolute atomic E-state index is 13.0. The van der Waals surface area contributed by atoms with Crippen molar-refractivity contribution in [3.05, 3.63) is 52.9 Å². The van der Waals surface area contributed by atoms with Crippen molar-refractivity contribution >= 4 is 27.4 Å². The van der Waals surface area contributed by atoms with E-state index in [1.165, 1.54) is 31.3 Å². The summed E-state index contributed by atoms with van der Waals surface area (Å²) < 4.78 is 39.5. The molecule has 1 heterocycles. The molecule has 1 aromatic heterocycles. The maximum Gasteiger partial charge on any atom is 0.263 e. The van der Waals surface area contributed by atoms with E-state index in [4.69, 9.17) is 11.6 Å². The second-order valence-corrected chi connectivity index (χ2v) is 5.96. The van der Waals surface area contributed by atoms with Crippen molar-refractivity contribution in [2.75, 3.05) is 4.72 Å². The number of hydrogen-bond donors (Lipinski definition) is 1. The summed E-state index contributed by atoms with van der Waals surface area (Å²) in [5.41, 5.74) is 0.314. The van der Waals surface area contributed by atoms with Gasteiger partial charge in [-0.1, -0.05) is 11.6 Å². The molecule has 0 saturated heterocycles. The summed E-state index contributed by atoms with van der Waals surface area (Å²) in [7, 11) is -3.82. The molecule has 0 aliphatic heterocycles. The highest BCUT2D eigenvalue weighted by atomic mass is 35.5. The Hall–Kier alpha value is -1.66. The molecule has 100 valence electrons. The average molecular weight is 301 g/mol. The van der Waals surface area contributed by atoms with Crippen LogP contribution >= 0.6 is 11.6 Å². The Kier molecular flexibility index (Phi) is 3.73. The van der Waals surface area contributed by atoms with Crippen LogP contribution in [0.5, 0.6) is 0 Å². The molecule has 4 nitrogen and oxygen atoms in total. The van der Waals surface area contributed by atoms with Crippen LogP contribution < -0.4 is 4.72 Å². The molecule has 0 radical (unpaired) electrons. The summed E-state index contributed by atoms with van der Waals surface area (Å²) >= 11 is 5.75. The van der Waals surface area contributed by atoms with Crippen LogP contribution in [0.4, 0.5) is 10.2 Å². The second kappa shape index (κ2) is 5.14. The van der Waals surface area contributed by atoms with Gasteiger partial charge in [0.05, 0.1) is 4.90 Å². The van der Waals surface area contributed by atoms with Crippen LogP contribution in [-0.4, -0.2) is 13.4 Å². The molecule has 0 unspecified atom stereocenters. The Morgan fingerprint density at radius 1 is 1.26 bits per heavy atom. The summed E-state index contributed by atoms with van der Waals surface area (Å²) in [4.78, 5) is 3.84. The fourth-order valence-electron chi connectivity index (χ4n) is 1.57. The standard InChI is InChI=1S/C12H10ClFN2O2S/c1-8-6-10(14)2-3-11(8)19(17,18)16-12-7-9(13)4-5-15-12/h2-7H,1H3,(H,15,16). The first kappa shape index (κ1) is 13.8. The van der Waals surface area contributed by atoms with Crippen molar-refractivity contribution in [2.24, 2.45) is 0 Å². The predicted octanol–water partition coefficient (Wildman–Crippen LogP) is 2.98. The van der Waals surface area contributed by atoms with Crippen molar-refractivity contribution in [3.63, 3.8) is 0 Å². The molecule has 19 heavy (non-hydrogen) atoms. The zero-order valence-corrected chi connectivity index (χ0v) is 11.5. The normalized spacial score (nSPS) is 11.3. The summed E-state index contributed by atoms with van der Waals surface area (Å²) in [6, 6.07) is 6.37. The Morgan fingerprint density at radius 2 is 2.00 bits per heavy atom. The molecule has 7 heteroatoms. The molecule has 2 aromatic rings. The summed E-state index contributed by atoms with van der Waals surface area (Å²) in [6.45, 7) is 1.52. The fourth-order valence-corrected chi connectivity index (χ4v) is 2.95. The van der Waals surface area contributed by atoms with E-state index >= 15 is 0 Å². The molecular weight excluding hydrogens is 291 g/mol. The van der Waals surface area contributed by atoms with Gasteiger partial charge in [0.1, 0.15) is 11.6 Å². The van der Waals surface area contributed by atoms with E-state index < -0.39 is 15.8 Å². The molecule has 0 saturated carbocycles. The summed E-state index contributed by atoms with van der Waals surface area (Å²) in [5.74, 6) is -0.381. The smallest absolute Gasteiger partial charge is 0.263 e. The SMILES string of the molecule is Cc1cc(F)ccc1S(=O)(=O)Nc1cc(Cl)ccn1. The highest BCUT2D eigenvalue weighted by molar-refractivity contribution is 7.92. The Bertz CT molecular complexity index is 719. The molecule has 0 aliphatic rings. The van der Waals surface area contributed by atoms with Crippen molar-refractivity contribution in [3.8, 4) is 0 Å². The lowest BCUT2D eigenvalue weighted by atomic mass is 10.2. The number of aryl methyl sites for hydroxylation is 1. The largest absolute Gasteiger partial charge is 0.263 e. The van der Waals surface area contributed by atoms with Gasteiger partial charge in [0.2, 0.25) is 0 Å². The van der Waals surface area contributed by atoms with Crippen LogP contribution in [0.3, 0.4) is 0 Å². The first-order chi connectivity index (χ1) is 8.88. The maximum atomic E-state index is 13.0. The van der Waals surface area contributed by atoms with Crippen molar-refractivity contribution < 1.29 is 12.8 Å². The molecule has 0 fully saturated rings. The lowest BCUT2D eigenvalue weighted by molar-refractivity contribution is 0.598. The van der Waals surface area contributed by atoms with Crippen LogP contribution in [0.25, 0.3) is 0 Å². The molecule has 0 bridgehead atoms. The van der Waals surface area contributed by atoms with Gasteiger partial charge in [-0.2, -0.15) is 0 Å². The van der Waals surface area contributed by atoms with E-state index in [2.05, 4.69) is 9.71 Å². The minimum atomic E-state index is -3.82. The number of pyridine rings is 1. The highest BCUT2D eigenvalue weighted by Crippen LogP contribution is 2.20. The van der Waals surface area contributed by atoms with Crippen molar-refractivity contribution in [2.45, 2.75) is 11.8 Å². The van der Waals surface area contributed by atoms with Gasteiger partial charge in [0, 0.05) is 17.3 Å². The third-order valence-corrected chi connectivity index (χ3v) is 4.14. The third kappa shape index (κ3) is 3.21. The van der Waals surface area contributed by atoms with Gasteiger partial charge >= 0.3 is 0 Å². The van der Waals surface area contributed by atoms with Crippen LogP contribution in [-0.2, 0) is 10.0 Å². The fraction of sp³-hybridized carbons (Fsp3) is 0.0833. The lowest BCUT2D eigenvalue weighted by Gasteiger charge is -2.09. The van der Waals surface area contributed by atoms with Crippen LogP contribution in [0, 0.1) is 12.7 Å². The minimum absolute atomic E-state index is 0.00400. The van der Waals surface area contributed by atoms with Gasteiger partial charge in [0.15, 0.2) is 0 Å². The van der Waals surface area contributed by atoms with E-state index in [1.54, 1.807) is 0 Å². The van der Waals surface area contributed by atoms with Gasteiger partial charge in [-0.25, -0.2) is 17.8 Å². The predicted molar refractivity (Wildman–Crippen MR) is 71.2 cm³/mol. The second-order valence-electron chi connectivity index (χ2n) is 3.87. The highest BCUT2D eigenvalue weighted by Gasteiger charge is 2.17. The Morgan fingerprint density at radius 3 is 2.63 bits per heavy atom. The van der Waals surface area contributed by atoms with E-state index in [-0.39, 0.29) is 10.7 Å². The number of hydrogen-bond acceptors (Lipinski definition) is 3. The number of benzene rings is 1. The van der Waals surface area contributed by atoms with Crippen LogP contribution in [0.1, 0.15) is 5.56 Å². The van der Waals surface area contributed by atoms with Gasteiger partial charge in [0.25, 0.3) is 10.0 Å². The molecular formula is C12H10ClFN2O2S. The number of sulfonamides is 1. The summed E-state index contributed by atoms with van der Waals surface area (Å²) in [5, 5.41) is 0.364. The van der Waals surface area contributed by atoms with Gasteiger partial charge in [-0.3, -0.25) is 4.72 Å². The molecule has 0 spiro atoms. The van der Waals surface area contributed by atoms with Crippen LogP contribution in [0.15, 0.2) is 41.4 Å². The van der Waals surface area contributed by atoms with Gasteiger partial charge in [-0.15, -0.1) is 0 Å². The van der Waals surface area contributed by atoms with Crippen molar-refractivity contribution in [1.82, 2.24) is 4.98 Å². The topological polar surface area (TPSA) is 59.1 Å². The quantitative estimate of drug-likeness (QED) is 0.948. The zero-order valence-electron chi connectivity index (χ0n) is 9.89. The summed E-state index contributed by atoms with van der Waals surface area (Å²) in [6.07, 6.45) is 1.39. The van der Waals surface area contributed by atoms with E-state index in [0.29, 0.717) is 10.6 Å². The average Bonchev–Trinajstić information content (AvgIpc) is 2.27. The van der Waals surface area contributed by atoms with Gasteiger partial charge < -0.3 is 0 Å². The minimum Gasteiger partial charge on any atom is -0.263 e. The lowest BCUT2D eigenvalue weighted by Crippen LogP contribution is -2.15. The number of aromatic nitrogens is 1. The van der Waals surface area contributed by atoms with Crippen molar-refractivity contribution in [1.29, 1.82) is 0 Å². The number of nitrogens with one attached hydrogen (secondary N) is 1. The number of rotatable bonds is 3. The van der Waals surface area contributed by atoms with Gasteiger partial charge in [-0.05, 0) is 36.8 Å². The molecule has 0 atom stereocenters. The zero-order chi connectivity index (χ0) is 14.0. The Labute approximate surface area is 115 Å². The van der Waals surface area contributed by atoms with Crippen LogP contribution in [0.2, 0.25) is 5.02 Å². The monoisotopic (exact) mass is 300 g/mol. The number of anilines is 1. The Balaban J connectivity index is 2.38. The first-order valence-electron chi connectivity index (χ1n) is 5.29. The molecule has 1 N–H and O–H groups in total. The molecule has 0 aliphatic carbocycles. The first-order valence-corrected chi connectivity index (χ1v) is 7.15. The van der Waals surface area contributed by atoms with E-state index in [9.17, 15) is 12.8 Å². The number of nitrogens with zero attached hydrogens (tertiary/aromatic N) is 1. The third-order valence-electron chi connectivity index (χ3n) is 2.39. The molecule has 2 rings (SSSR count). The number of halogens is 2.